The van der Waals surface area contributed by atoms with Gasteiger partial charge in [-0.25, -0.2) is 0 Å². The highest BCUT2D eigenvalue weighted by atomic mass is 35.5. The molecule has 8 rings (SSSR count). The molecule has 312 valence electrons. The number of likely N-dealkylation sites (N-methyl/N-ethyl adjacent to an activating group) is 1. The number of likely N-dealkylation sites (tertiary alicyclic amines) is 1. The maximum Gasteiger partial charge on any atom is 0.303 e. The van der Waals surface area contributed by atoms with E-state index in [1.165, 1.54) is 65.7 Å². The number of carboxylic acids is 2. The van der Waals surface area contributed by atoms with Gasteiger partial charge in [-0.1, -0.05) is 110 Å². The third-order valence-corrected chi connectivity index (χ3v) is 12.7. The van der Waals surface area contributed by atoms with Gasteiger partial charge in [0.25, 0.3) is 0 Å². The highest BCUT2D eigenvalue weighted by Crippen LogP contribution is 2.50. The minimum absolute atomic E-state index is 0. The third-order valence-electron chi connectivity index (χ3n) is 12.2. The van der Waals surface area contributed by atoms with E-state index in [4.69, 9.17) is 37.5 Å². The molecule has 0 saturated carbocycles. The maximum atomic E-state index is 9.64. The lowest BCUT2D eigenvalue weighted by Gasteiger charge is -2.47. The molecule has 0 aromatic heterocycles. The van der Waals surface area contributed by atoms with Crippen molar-refractivity contribution in [3.8, 4) is 0 Å². The molecule has 2 aliphatic carbocycles. The molecule has 0 bridgehead atoms. The van der Waals surface area contributed by atoms with Gasteiger partial charge in [0, 0.05) is 69.8 Å². The number of rotatable bonds is 7. The van der Waals surface area contributed by atoms with Crippen LogP contribution in [0, 0.1) is 5.41 Å². The van der Waals surface area contributed by atoms with Gasteiger partial charge in [-0.3, -0.25) is 24.3 Å². The molecular formula is C48H60Cl3N3O4. The number of piperidine rings is 1. The van der Waals surface area contributed by atoms with Gasteiger partial charge in [0.05, 0.1) is 12.8 Å². The van der Waals surface area contributed by atoms with Gasteiger partial charge in [0.2, 0.25) is 0 Å². The first-order valence-electron chi connectivity index (χ1n) is 21.7. The molecule has 2 aliphatic heterocycles. The molecule has 0 unspecified atom stereocenters. The van der Waals surface area contributed by atoms with Crippen molar-refractivity contribution in [3.05, 3.63) is 140 Å². The van der Waals surface area contributed by atoms with E-state index in [-0.39, 0.29) is 31.3 Å². The van der Waals surface area contributed by atoms with Gasteiger partial charge in [0.15, 0.2) is 0 Å². The van der Waals surface area contributed by atoms with Crippen molar-refractivity contribution in [2.24, 2.45) is 5.41 Å². The zero-order chi connectivity index (χ0) is 43.4. The van der Waals surface area contributed by atoms with Crippen LogP contribution in [0.3, 0.4) is 0 Å². The van der Waals surface area contributed by atoms with Crippen LogP contribution < -0.4 is 0 Å². The predicted octanol–water partition coefficient (Wildman–Crippen LogP) is 11.3. The molecule has 4 aliphatic rings. The monoisotopic (exact) mass is 850 g/mol. The van der Waals surface area contributed by atoms with Gasteiger partial charge >= 0.3 is 11.9 Å². The molecule has 2 N–H and O–H groups in total. The molecule has 2 heterocycles. The molecule has 0 radical (unpaired) electrons. The fourth-order valence-corrected chi connectivity index (χ4v) is 9.72. The standard InChI is InChI=1S/C22H27ClN2.C22H26ClN.C4H6O4.ClH/c1-22(2)15-25(12-11-24(22)3)21-14-19(16-7-5-4-6-8-16)18-10-9-17(23)13-20(18)21;1-22(2)11-6-12-24(15-22)21-14-19(16-7-4-3-5-8-16)18-10-9-17(23)13-20(18)21;5-3(6)1-2-4(7)8;/h4-10,13,19,21H,11-12,14-15H2,1-3H3;3-5,7-10,13,19,21H,6,11-12,14-15H2,1-2H3;1-2H2,(H,5,6)(H,7,8);1H/t2*19-,21+;;/m00../s1/i3D3;;;. The largest absolute Gasteiger partial charge is 0.481 e. The quantitative estimate of drug-likeness (QED) is 0.192. The Morgan fingerprint density at radius 2 is 1.14 bits per heavy atom. The van der Waals surface area contributed by atoms with Crippen LogP contribution in [0.5, 0.6) is 0 Å². The summed E-state index contributed by atoms with van der Waals surface area (Å²) in [5, 5.41) is 17.4. The van der Waals surface area contributed by atoms with Crippen molar-refractivity contribution in [3.63, 3.8) is 0 Å². The Hall–Kier alpha value is -3.43. The molecular weight excluding hydrogens is 789 g/mol. The summed E-state index contributed by atoms with van der Waals surface area (Å²) in [6.07, 6.45) is 4.22. The Labute approximate surface area is 366 Å². The number of benzene rings is 4. The molecule has 0 spiro atoms. The van der Waals surface area contributed by atoms with E-state index in [0.29, 0.717) is 29.8 Å². The van der Waals surface area contributed by atoms with Crippen molar-refractivity contribution in [2.75, 3.05) is 39.7 Å². The van der Waals surface area contributed by atoms with E-state index in [0.717, 1.165) is 29.6 Å². The first-order chi connectivity index (χ1) is 28.3. The Morgan fingerprint density at radius 3 is 1.55 bits per heavy atom. The predicted molar refractivity (Wildman–Crippen MR) is 239 cm³/mol. The minimum Gasteiger partial charge on any atom is -0.481 e. The lowest BCUT2D eigenvalue weighted by Crippen LogP contribution is -2.58. The van der Waals surface area contributed by atoms with Crippen molar-refractivity contribution < 1.29 is 23.9 Å². The van der Waals surface area contributed by atoms with Gasteiger partial charge in [0.1, 0.15) is 0 Å². The second kappa shape index (κ2) is 19.8. The zero-order valence-electron chi connectivity index (χ0n) is 37.0. The summed E-state index contributed by atoms with van der Waals surface area (Å²) in [6.45, 7) is 11.2. The fraction of sp³-hybridized carbons (Fsp3) is 0.458. The van der Waals surface area contributed by atoms with Crippen LogP contribution in [-0.2, 0) is 9.59 Å². The number of carbonyl (C=O) groups is 2. The summed E-state index contributed by atoms with van der Waals surface area (Å²) in [4.78, 5) is 26.1. The Kier molecular flexibility index (Phi) is 14.1. The number of carboxylic acid groups (broad SMARTS) is 2. The lowest BCUT2D eigenvalue weighted by molar-refractivity contribution is -0.143. The van der Waals surface area contributed by atoms with Crippen LogP contribution >= 0.6 is 35.6 Å². The van der Waals surface area contributed by atoms with E-state index < -0.39 is 24.5 Å². The second-order valence-corrected chi connectivity index (χ2v) is 18.3. The summed E-state index contributed by atoms with van der Waals surface area (Å²) in [7, 11) is 0. The van der Waals surface area contributed by atoms with Crippen LogP contribution in [0.1, 0.15) is 128 Å². The van der Waals surface area contributed by atoms with Gasteiger partial charge in [-0.15, -0.1) is 12.4 Å². The SMILES string of the molecule is CC1(C)CCCN([C@@H]2C[C@@H](c3ccccc3)c3ccc(Cl)cc32)C1.Cl.O=C(O)CCC(=O)O.[2H]C([2H])([2H])N1CCN([C@@H]2C[C@@H](c3ccccc3)c3ccc(Cl)cc32)CC1(C)C. The summed E-state index contributed by atoms with van der Waals surface area (Å²) in [5.74, 6) is -1.31. The molecule has 4 atom stereocenters. The normalized spacial score (nSPS) is 24.5. The average Bonchev–Trinajstić information content (AvgIpc) is 3.75. The van der Waals surface area contributed by atoms with Crippen molar-refractivity contribution in [1.82, 2.24) is 14.7 Å². The summed E-state index contributed by atoms with van der Waals surface area (Å²) >= 11 is 12.7. The van der Waals surface area contributed by atoms with E-state index >= 15 is 0 Å². The average molecular weight is 852 g/mol. The number of piperazine rings is 1. The van der Waals surface area contributed by atoms with Gasteiger partial charge in [-0.05, 0) is 116 Å². The lowest BCUT2D eigenvalue weighted by atomic mass is 9.83. The molecule has 58 heavy (non-hydrogen) atoms. The summed E-state index contributed by atoms with van der Waals surface area (Å²) in [5.41, 5.74) is 8.33. The van der Waals surface area contributed by atoms with E-state index in [1.807, 2.05) is 19.9 Å². The van der Waals surface area contributed by atoms with Crippen molar-refractivity contribution in [1.29, 1.82) is 0 Å². The zero-order valence-corrected chi connectivity index (χ0v) is 36.4. The van der Waals surface area contributed by atoms with E-state index in [2.05, 4.69) is 115 Å². The highest BCUT2D eigenvalue weighted by molar-refractivity contribution is 6.31. The molecule has 0 amide bonds. The van der Waals surface area contributed by atoms with Crippen LogP contribution in [0.15, 0.2) is 97.1 Å². The number of fused-ring (bicyclic) bond motifs is 2. The maximum absolute atomic E-state index is 9.64. The van der Waals surface area contributed by atoms with E-state index in [9.17, 15) is 9.59 Å². The minimum atomic E-state index is -2.06. The molecule has 7 nitrogen and oxygen atoms in total. The smallest absolute Gasteiger partial charge is 0.303 e. The Morgan fingerprint density at radius 1 is 0.672 bits per heavy atom. The van der Waals surface area contributed by atoms with Gasteiger partial charge < -0.3 is 10.2 Å². The third kappa shape index (κ3) is 11.2. The second-order valence-electron chi connectivity index (χ2n) is 17.4. The summed E-state index contributed by atoms with van der Waals surface area (Å²) in [6, 6.07) is 35.1. The Balaban J connectivity index is 0.000000195. The Bertz CT molecular complexity index is 2090. The molecule has 2 saturated heterocycles. The topological polar surface area (TPSA) is 84.3 Å². The first kappa shape index (κ1) is 41.3. The number of hydrogen-bond donors (Lipinski definition) is 2. The summed E-state index contributed by atoms with van der Waals surface area (Å²) < 4.78 is 23.6. The van der Waals surface area contributed by atoms with Crippen molar-refractivity contribution in [2.45, 2.75) is 95.7 Å². The number of aliphatic carboxylic acids is 2. The fourth-order valence-electron chi connectivity index (χ4n) is 9.36. The molecule has 4 aromatic rings. The van der Waals surface area contributed by atoms with Crippen LogP contribution in [0.4, 0.5) is 0 Å². The first-order valence-corrected chi connectivity index (χ1v) is 21.0. The molecule has 4 aromatic carbocycles. The van der Waals surface area contributed by atoms with Crippen molar-refractivity contribution >= 4 is 47.5 Å². The van der Waals surface area contributed by atoms with Crippen LogP contribution in [0.25, 0.3) is 0 Å². The number of hydrogen-bond acceptors (Lipinski definition) is 5. The highest BCUT2D eigenvalue weighted by Gasteiger charge is 2.41. The van der Waals surface area contributed by atoms with E-state index in [1.54, 1.807) is 4.90 Å². The number of nitrogens with zero attached hydrogens (tertiary/aromatic N) is 3. The number of halogens is 3. The molecule has 2 fully saturated rings. The van der Waals surface area contributed by atoms with Crippen LogP contribution in [0.2, 0.25) is 10.0 Å². The van der Waals surface area contributed by atoms with Crippen LogP contribution in [-0.4, -0.2) is 82.1 Å². The molecule has 10 heteroatoms. The van der Waals surface area contributed by atoms with Gasteiger partial charge in [-0.2, -0.15) is 0 Å².